The fourth-order valence-electron chi connectivity index (χ4n) is 2.79. The summed E-state index contributed by atoms with van der Waals surface area (Å²) >= 11 is 5.91. The van der Waals surface area contributed by atoms with Crippen molar-refractivity contribution in [3.63, 3.8) is 0 Å². The molecule has 0 aliphatic heterocycles. The Hall–Kier alpha value is -2.59. The Bertz CT molecular complexity index is 841. The van der Waals surface area contributed by atoms with Crippen LogP contribution in [0.5, 0.6) is 0 Å². The number of rotatable bonds is 8. The summed E-state index contributed by atoms with van der Waals surface area (Å²) in [6.45, 7) is 3.89. The molecular formula is C22H24ClNO3. The van der Waals surface area contributed by atoms with Gasteiger partial charge in [0.2, 0.25) is 5.91 Å². The van der Waals surface area contributed by atoms with Crippen LogP contribution in [-0.4, -0.2) is 17.0 Å². The first-order valence-corrected chi connectivity index (χ1v) is 9.40. The van der Waals surface area contributed by atoms with Crippen LogP contribution in [0.2, 0.25) is 5.02 Å². The summed E-state index contributed by atoms with van der Waals surface area (Å²) in [7, 11) is 0. The molecule has 0 aliphatic rings. The van der Waals surface area contributed by atoms with Gasteiger partial charge in [-0.05, 0) is 54.7 Å². The van der Waals surface area contributed by atoms with Crippen LogP contribution in [0.15, 0.2) is 42.5 Å². The van der Waals surface area contributed by atoms with Gasteiger partial charge >= 0.3 is 5.97 Å². The number of carbonyl (C=O) groups is 2. The summed E-state index contributed by atoms with van der Waals surface area (Å²) in [6, 6.07) is 11.0. The maximum atomic E-state index is 12.2. The van der Waals surface area contributed by atoms with E-state index in [1.165, 1.54) is 37.0 Å². The maximum absolute atomic E-state index is 12.2. The first kappa shape index (κ1) is 20.7. The number of halogens is 1. The van der Waals surface area contributed by atoms with Gasteiger partial charge in [-0.2, -0.15) is 0 Å². The molecule has 2 aromatic rings. The predicted octanol–water partition coefficient (Wildman–Crippen LogP) is 5.73. The molecule has 4 nitrogen and oxygen atoms in total. The predicted molar refractivity (Wildman–Crippen MR) is 110 cm³/mol. The van der Waals surface area contributed by atoms with E-state index in [2.05, 4.69) is 24.4 Å². The molecule has 1 amide bonds. The number of amides is 1. The van der Waals surface area contributed by atoms with E-state index >= 15 is 0 Å². The molecule has 142 valence electrons. The second kappa shape index (κ2) is 9.93. The maximum Gasteiger partial charge on any atom is 0.337 e. The molecule has 0 saturated carbocycles. The third-order valence-corrected chi connectivity index (χ3v) is 4.47. The number of nitrogens with one attached hydrogen (secondary N) is 1. The largest absolute Gasteiger partial charge is 0.478 e. The summed E-state index contributed by atoms with van der Waals surface area (Å²) in [5.74, 6) is -1.53. The van der Waals surface area contributed by atoms with E-state index < -0.39 is 11.9 Å². The molecule has 0 heterocycles. The molecule has 0 saturated heterocycles. The highest BCUT2D eigenvalue weighted by atomic mass is 35.5. The topological polar surface area (TPSA) is 66.4 Å². The summed E-state index contributed by atoms with van der Waals surface area (Å²) in [5, 5.41) is 12.3. The number of aromatic carboxylic acids is 1. The van der Waals surface area contributed by atoms with Crippen LogP contribution in [0.4, 0.5) is 5.69 Å². The number of unbranched alkanes of at least 4 members (excludes halogenated alkanes) is 2. The number of hydrogen-bond donors (Lipinski definition) is 2. The highest BCUT2D eigenvalue weighted by Gasteiger charge is 2.15. The lowest BCUT2D eigenvalue weighted by Crippen LogP contribution is -2.13. The quantitative estimate of drug-likeness (QED) is 0.450. The molecule has 2 aromatic carbocycles. The van der Waals surface area contributed by atoms with Crippen molar-refractivity contribution < 1.29 is 14.7 Å². The van der Waals surface area contributed by atoms with Crippen molar-refractivity contribution in [1.29, 1.82) is 0 Å². The van der Waals surface area contributed by atoms with Gasteiger partial charge in [0.1, 0.15) is 0 Å². The second-order valence-electron chi connectivity index (χ2n) is 6.47. The Morgan fingerprint density at radius 1 is 1.15 bits per heavy atom. The average molecular weight is 386 g/mol. The molecule has 2 rings (SSSR count). The zero-order valence-corrected chi connectivity index (χ0v) is 16.3. The Kier molecular flexibility index (Phi) is 7.62. The number of carboxylic acids is 1. The minimum atomic E-state index is -1.14. The third-order valence-electron chi connectivity index (χ3n) is 4.25. The molecule has 0 atom stereocenters. The Morgan fingerprint density at radius 3 is 2.48 bits per heavy atom. The molecule has 0 aliphatic carbocycles. The number of benzene rings is 2. The number of aryl methyl sites for hydroxylation is 2. The molecular weight excluding hydrogens is 362 g/mol. The van der Waals surface area contributed by atoms with Crippen molar-refractivity contribution in [3.05, 3.63) is 69.8 Å². The molecule has 0 fully saturated rings. The summed E-state index contributed by atoms with van der Waals surface area (Å²) in [6.07, 6.45) is 7.77. The fourth-order valence-corrected chi connectivity index (χ4v) is 3.06. The van der Waals surface area contributed by atoms with Crippen LogP contribution >= 0.6 is 11.6 Å². The van der Waals surface area contributed by atoms with Crippen LogP contribution in [0, 0.1) is 6.92 Å². The van der Waals surface area contributed by atoms with E-state index in [0.29, 0.717) is 10.6 Å². The zero-order valence-electron chi connectivity index (χ0n) is 15.6. The molecule has 0 spiro atoms. The molecule has 0 bridgehead atoms. The van der Waals surface area contributed by atoms with Gasteiger partial charge in [-0.25, -0.2) is 4.79 Å². The van der Waals surface area contributed by atoms with Crippen LogP contribution in [0.1, 0.15) is 53.2 Å². The number of carbonyl (C=O) groups excluding carboxylic acids is 1. The molecule has 2 N–H and O–H groups in total. The van der Waals surface area contributed by atoms with E-state index in [0.717, 1.165) is 12.0 Å². The van der Waals surface area contributed by atoms with Crippen molar-refractivity contribution in [3.8, 4) is 0 Å². The smallest absolute Gasteiger partial charge is 0.337 e. The Balaban J connectivity index is 2.04. The van der Waals surface area contributed by atoms with Gasteiger partial charge in [-0.1, -0.05) is 55.6 Å². The van der Waals surface area contributed by atoms with E-state index in [-0.39, 0.29) is 11.3 Å². The van der Waals surface area contributed by atoms with E-state index in [9.17, 15) is 14.7 Å². The minimum absolute atomic E-state index is 0.0295. The number of anilines is 1. The number of carboxylic acid groups (broad SMARTS) is 1. The zero-order chi connectivity index (χ0) is 19.8. The van der Waals surface area contributed by atoms with Crippen molar-refractivity contribution in [2.45, 2.75) is 39.5 Å². The third kappa shape index (κ3) is 6.26. The van der Waals surface area contributed by atoms with Crippen LogP contribution in [-0.2, 0) is 11.2 Å². The lowest BCUT2D eigenvalue weighted by Gasteiger charge is -2.11. The van der Waals surface area contributed by atoms with Crippen LogP contribution in [0.3, 0.4) is 0 Å². The fraction of sp³-hybridized carbons (Fsp3) is 0.273. The van der Waals surface area contributed by atoms with Crippen LogP contribution < -0.4 is 5.32 Å². The second-order valence-corrected chi connectivity index (χ2v) is 6.91. The summed E-state index contributed by atoms with van der Waals surface area (Å²) in [5.41, 5.74) is 3.02. The van der Waals surface area contributed by atoms with Gasteiger partial charge < -0.3 is 10.4 Å². The molecule has 0 unspecified atom stereocenters. The van der Waals surface area contributed by atoms with Gasteiger partial charge in [0.25, 0.3) is 0 Å². The molecule has 5 heteroatoms. The van der Waals surface area contributed by atoms with E-state index in [1.807, 2.05) is 12.1 Å². The van der Waals surface area contributed by atoms with Gasteiger partial charge in [0.15, 0.2) is 0 Å². The van der Waals surface area contributed by atoms with Crippen LogP contribution in [0.25, 0.3) is 6.08 Å². The molecule has 0 aromatic heterocycles. The van der Waals surface area contributed by atoms with Crippen molar-refractivity contribution in [2.75, 3.05) is 5.32 Å². The lowest BCUT2D eigenvalue weighted by atomic mass is 10.1. The first-order valence-electron chi connectivity index (χ1n) is 9.02. The van der Waals surface area contributed by atoms with Crippen molar-refractivity contribution >= 4 is 35.2 Å². The Morgan fingerprint density at radius 2 is 1.85 bits per heavy atom. The monoisotopic (exact) mass is 385 g/mol. The van der Waals surface area contributed by atoms with Gasteiger partial charge in [0.05, 0.1) is 11.3 Å². The SMILES string of the molecule is CCCCCc1ccc(/C=C/C(=O)Nc2c(C)cc(Cl)cc2C(=O)O)cc1. The molecule has 27 heavy (non-hydrogen) atoms. The Labute approximate surface area is 164 Å². The normalized spacial score (nSPS) is 10.9. The highest BCUT2D eigenvalue weighted by molar-refractivity contribution is 6.31. The lowest BCUT2D eigenvalue weighted by molar-refractivity contribution is -0.111. The summed E-state index contributed by atoms with van der Waals surface area (Å²) < 4.78 is 0. The van der Waals surface area contributed by atoms with E-state index in [1.54, 1.807) is 19.1 Å². The molecule has 0 radical (unpaired) electrons. The van der Waals surface area contributed by atoms with Crippen molar-refractivity contribution in [1.82, 2.24) is 0 Å². The summed E-state index contributed by atoms with van der Waals surface area (Å²) in [4.78, 5) is 23.6. The minimum Gasteiger partial charge on any atom is -0.478 e. The average Bonchev–Trinajstić information content (AvgIpc) is 2.63. The van der Waals surface area contributed by atoms with Gasteiger partial charge in [-0.3, -0.25) is 4.79 Å². The van der Waals surface area contributed by atoms with Crippen molar-refractivity contribution in [2.24, 2.45) is 0 Å². The van der Waals surface area contributed by atoms with E-state index in [4.69, 9.17) is 11.6 Å². The van der Waals surface area contributed by atoms with Gasteiger partial charge in [0, 0.05) is 11.1 Å². The standard InChI is InChI=1S/C22H24ClNO3/c1-3-4-5-6-16-7-9-17(10-8-16)11-12-20(25)24-21-15(2)13-18(23)14-19(21)22(26)27/h7-14H,3-6H2,1-2H3,(H,24,25)(H,26,27)/b12-11+. The first-order chi connectivity index (χ1) is 12.9. The number of hydrogen-bond acceptors (Lipinski definition) is 2. The van der Waals surface area contributed by atoms with Gasteiger partial charge in [-0.15, -0.1) is 0 Å². The highest BCUT2D eigenvalue weighted by Crippen LogP contribution is 2.25.